The van der Waals surface area contributed by atoms with E-state index in [2.05, 4.69) is 36.2 Å². The molecule has 1 saturated carbocycles. The summed E-state index contributed by atoms with van der Waals surface area (Å²) in [5, 5.41) is 10.1. The van der Waals surface area contributed by atoms with E-state index in [4.69, 9.17) is 0 Å². The normalized spacial score (nSPS) is 14.2. The Morgan fingerprint density at radius 1 is 1.36 bits per heavy atom. The van der Waals surface area contributed by atoms with Crippen molar-refractivity contribution >= 4 is 33.5 Å². The molecular formula is C16H17BrF3N5O3. The molecule has 1 amide bonds. The predicted molar refractivity (Wildman–Crippen MR) is 94.8 cm³/mol. The van der Waals surface area contributed by atoms with Gasteiger partial charge >= 0.3 is 12.1 Å². The zero-order valence-corrected chi connectivity index (χ0v) is 16.6. The summed E-state index contributed by atoms with van der Waals surface area (Å²) < 4.78 is 46.5. The van der Waals surface area contributed by atoms with Gasteiger partial charge in [-0.25, -0.2) is 4.79 Å². The third kappa shape index (κ3) is 4.05. The lowest BCUT2D eigenvalue weighted by atomic mass is 10.2. The van der Waals surface area contributed by atoms with Crippen LogP contribution in [0.4, 0.5) is 18.9 Å². The van der Waals surface area contributed by atoms with Crippen LogP contribution in [0, 0.1) is 0 Å². The van der Waals surface area contributed by atoms with Crippen molar-refractivity contribution in [1.29, 1.82) is 0 Å². The van der Waals surface area contributed by atoms with Crippen LogP contribution < -0.4 is 5.32 Å². The number of hydrogen-bond donors (Lipinski definition) is 1. The van der Waals surface area contributed by atoms with Crippen LogP contribution in [-0.4, -0.2) is 38.5 Å². The number of carbonyl (C=O) groups excluding carboxylic acids is 2. The molecule has 1 N–H and O–H groups in total. The smallest absolute Gasteiger partial charge is 0.436 e. The standard InChI is InChI=1S/C16H17BrF3N5O3/c1-3-24-6-9(12(22-24)15(27)28-2)21-10(26)7-25-13(8-4-5-8)11(17)14(23-25)16(18,19)20/h6,8H,3-5,7H2,1-2H3,(H,21,26). The molecule has 28 heavy (non-hydrogen) atoms. The second-order valence-electron chi connectivity index (χ2n) is 6.26. The minimum absolute atomic E-state index is 0.0701. The lowest BCUT2D eigenvalue weighted by Crippen LogP contribution is -2.22. The summed E-state index contributed by atoms with van der Waals surface area (Å²) in [7, 11) is 1.18. The Bertz CT molecular complexity index is 918. The van der Waals surface area contributed by atoms with Crippen molar-refractivity contribution in [3.63, 3.8) is 0 Å². The largest absolute Gasteiger partial charge is 0.464 e. The van der Waals surface area contributed by atoms with E-state index in [0.717, 1.165) is 17.5 Å². The van der Waals surface area contributed by atoms with Crippen LogP contribution in [0.3, 0.4) is 0 Å². The molecular weight excluding hydrogens is 447 g/mol. The number of anilines is 1. The summed E-state index contributed by atoms with van der Waals surface area (Å²) >= 11 is 2.98. The summed E-state index contributed by atoms with van der Waals surface area (Å²) in [5.41, 5.74) is -0.678. The molecule has 2 aromatic rings. The zero-order chi connectivity index (χ0) is 20.6. The Morgan fingerprint density at radius 2 is 2.04 bits per heavy atom. The van der Waals surface area contributed by atoms with Gasteiger partial charge in [0, 0.05) is 18.7 Å². The van der Waals surface area contributed by atoms with E-state index in [1.807, 2.05) is 0 Å². The maximum Gasteiger partial charge on any atom is 0.436 e. The maximum absolute atomic E-state index is 13.2. The molecule has 3 rings (SSSR count). The fraction of sp³-hybridized carbons (Fsp3) is 0.500. The van der Waals surface area contributed by atoms with Crippen LogP contribution in [0.15, 0.2) is 10.7 Å². The number of carbonyl (C=O) groups is 2. The average Bonchev–Trinajstić information content (AvgIpc) is 3.28. The van der Waals surface area contributed by atoms with Gasteiger partial charge in [0.05, 0.1) is 23.0 Å². The highest BCUT2D eigenvalue weighted by atomic mass is 79.9. The van der Waals surface area contributed by atoms with E-state index >= 15 is 0 Å². The Kier molecular flexibility index (Phi) is 5.50. The molecule has 2 aromatic heterocycles. The Balaban J connectivity index is 1.85. The molecule has 0 unspecified atom stereocenters. The van der Waals surface area contributed by atoms with Crippen LogP contribution >= 0.6 is 15.9 Å². The summed E-state index contributed by atoms with van der Waals surface area (Å²) in [4.78, 5) is 24.3. The molecule has 0 aromatic carbocycles. The Labute approximate surface area is 166 Å². The van der Waals surface area contributed by atoms with Gasteiger partial charge in [-0.3, -0.25) is 14.2 Å². The molecule has 0 bridgehead atoms. The third-order valence-electron chi connectivity index (χ3n) is 4.20. The average molecular weight is 464 g/mol. The number of amides is 1. The van der Waals surface area contributed by atoms with Crippen LogP contribution in [0.5, 0.6) is 0 Å². The highest BCUT2D eigenvalue weighted by molar-refractivity contribution is 9.10. The van der Waals surface area contributed by atoms with E-state index in [1.165, 1.54) is 18.0 Å². The highest BCUT2D eigenvalue weighted by Gasteiger charge is 2.42. The predicted octanol–water partition coefficient (Wildman–Crippen LogP) is 3.18. The molecule has 0 spiro atoms. The van der Waals surface area contributed by atoms with Crippen LogP contribution in [0.2, 0.25) is 0 Å². The van der Waals surface area contributed by atoms with Crippen molar-refractivity contribution in [3.8, 4) is 0 Å². The molecule has 12 heteroatoms. The second-order valence-corrected chi connectivity index (χ2v) is 7.06. The van der Waals surface area contributed by atoms with Crippen molar-refractivity contribution in [1.82, 2.24) is 19.6 Å². The lowest BCUT2D eigenvalue weighted by Gasteiger charge is -2.08. The van der Waals surface area contributed by atoms with Gasteiger partial charge in [0.15, 0.2) is 11.4 Å². The first-order valence-electron chi connectivity index (χ1n) is 8.44. The molecule has 0 aliphatic heterocycles. The molecule has 1 aliphatic rings. The number of alkyl halides is 3. The minimum atomic E-state index is -4.63. The Hall–Kier alpha value is -2.37. The third-order valence-corrected chi connectivity index (χ3v) is 4.98. The first kappa shape index (κ1) is 20.4. The molecule has 0 saturated heterocycles. The number of methoxy groups -OCH3 is 1. The second kappa shape index (κ2) is 7.57. The summed E-state index contributed by atoms with van der Waals surface area (Å²) in [6.45, 7) is 1.81. The topological polar surface area (TPSA) is 91.0 Å². The number of nitrogens with zero attached hydrogens (tertiary/aromatic N) is 4. The number of aromatic nitrogens is 4. The molecule has 1 aliphatic carbocycles. The SMILES string of the molecule is CCn1cc(NC(=O)Cn2nc(C(F)(F)F)c(Br)c2C2CC2)c(C(=O)OC)n1. The van der Waals surface area contributed by atoms with Gasteiger partial charge in [0.2, 0.25) is 5.91 Å². The van der Waals surface area contributed by atoms with Crippen LogP contribution in [-0.2, 0) is 28.8 Å². The fourth-order valence-electron chi connectivity index (χ4n) is 2.75. The number of hydrogen-bond acceptors (Lipinski definition) is 5. The maximum atomic E-state index is 13.2. The number of nitrogens with one attached hydrogen (secondary N) is 1. The first-order chi connectivity index (χ1) is 13.2. The molecule has 2 heterocycles. The van der Waals surface area contributed by atoms with Crippen LogP contribution in [0.25, 0.3) is 0 Å². The van der Waals surface area contributed by atoms with E-state index in [9.17, 15) is 22.8 Å². The molecule has 8 nitrogen and oxygen atoms in total. The summed E-state index contributed by atoms with van der Waals surface area (Å²) in [6.07, 6.45) is -1.71. The van der Waals surface area contributed by atoms with Crippen molar-refractivity contribution in [3.05, 3.63) is 27.8 Å². The highest BCUT2D eigenvalue weighted by Crippen LogP contribution is 2.46. The van der Waals surface area contributed by atoms with Gasteiger partial charge in [0.25, 0.3) is 0 Å². The monoisotopic (exact) mass is 463 g/mol. The fourth-order valence-corrected chi connectivity index (χ4v) is 3.58. The van der Waals surface area contributed by atoms with E-state index in [1.54, 1.807) is 6.92 Å². The lowest BCUT2D eigenvalue weighted by molar-refractivity contribution is -0.142. The number of rotatable bonds is 6. The minimum Gasteiger partial charge on any atom is -0.464 e. The quantitative estimate of drug-likeness (QED) is 0.664. The molecule has 152 valence electrons. The first-order valence-corrected chi connectivity index (χ1v) is 9.24. The van der Waals surface area contributed by atoms with E-state index < -0.39 is 30.3 Å². The molecule has 0 atom stereocenters. The van der Waals surface area contributed by atoms with Gasteiger partial charge in [0.1, 0.15) is 6.54 Å². The van der Waals surface area contributed by atoms with Crippen molar-refractivity contribution in [2.75, 3.05) is 12.4 Å². The molecule has 1 fully saturated rings. The van der Waals surface area contributed by atoms with Crippen molar-refractivity contribution in [2.45, 2.75) is 44.9 Å². The van der Waals surface area contributed by atoms with Gasteiger partial charge in [-0.05, 0) is 35.7 Å². The number of aryl methyl sites for hydroxylation is 1. The zero-order valence-electron chi connectivity index (χ0n) is 15.0. The molecule has 0 radical (unpaired) electrons. The number of ether oxygens (including phenoxy) is 1. The van der Waals surface area contributed by atoms with Crippen molar-refractivity contribution in [2.24, 2.45) is 0 Å². The Morgan fingerprint density at radius 3 is 2.57 bits per heavy atom. The van der Waals surface area contributed by atoms with Gasteiger partial charge in [-0.1, -0.05) is 0 Å². The number of esters is 1. The van der Waals surface area contributed by atoms with Crippen molar-refractivity contribution < 1.29 is 27.5 Å². The van der Waals surface area contributed by atoms with Crippen LogP contribution in [0.1, 0.15) is 47.6 Å². The van der Waals surface area contributed by atoms with E-state index in [-0.39, 0.29) is 21.8 Å². The summed E-state index contributed by atoms with van der Waals surface area (Å²) in [5.74, 6) is -1.44. The van der Waals surface area contributed by atoms with Gasteiger partial charge in [-0.15, -0.1) is 0 Å². The van der Waals surface area contributed by atoms with Gasteiger partial charge < -0.3 is 10.1 Å². The van der Waals surface area contributed by atoms with E-state index in [0.29, 0.717) is 12.2 Å². The number of halogens is 4. The van der Waals surface area contributed by atoms with Gasteiger partial charge in [-0.2, -0.15) is 23.4 Å². The summed E-state index contributed by atoms with van der Waals surface area (Å²) in [6, 6.07) is 0.